The van der Waals surface area contributed by atoms with Crippen molar-refractivity contribution in [1.29, 1.82) is 0 Å². The number of hydrogen-bond acceptors (Lipinski definition) is 4. The highest BCUT2D eigenvalue weighted by atomic mass is 32.2. The Morgan fingerprint density at radius 1 is 1.00 bits per heavy atom. The summed E-state index contributed by atoms with van der Waals surface area (Å²) in [5.41, 5.74) is 1.94. The number of carbonyl (C=O) groups is 1. The molecule has 160 valence electrons. The maximum atomic E-state index is 13.2. The Kier molecular flexibility index (Phi) is 5.97. The molecule has 1 aliphatic heterocycles. The highest BCUT2D eigenvalue weighted by Crippen LogP contribution is 2.34. The first-order chi connectivity index (χ1) is 14.9. The van der Waals surface area contributed by atoms with Crippen LogP contribution in [0.5, 0.6) is 0 Å². The highest BCUT2D eigenvalue weighted by molar-refractivity contribution is 7.99. The first kappa shape index (κ1) is 21.3. The van der Waals surface area contributed by atoms with E-state index in [1.807, 2.05) is 12.1 Å². The van der Waals surface area contributed by atoms with Crippen molar-refractivity contribution in [3.63, 3.8) is 0 Å². The molecule has 1 N–H and O–H groups in total. The van der Waals surface area contributed by atoms with Gasteiger partial charge in [0.05, 0.1) is 16.3 Å². The largest absolute Gasteiger partial charge is 0.321 e. The van der Waals surface area contributed by atoms with Crippen LogP contribution < -0.4 is 9.62 Å². The zero-order valence-electron chi connectivity index (χ0n) is 16.2. The summed E-state index contributed by atoms with van der Waals surface area (Å²) in [6, 6.07) is 19.2. The first-order valence-electron chi connectivity index (χ1n) is 9.42. The zero-order chi connectivity index (χ0) is 22.0. The van der Waals surface area contributed by atoms with Crippen molar-refractivity contribution in [2.75, 3.05) is 16.2 Å². The van der Waals surface area contributed by atoms with Crippen LogP contribution in [-0.2, 0) is 16.4 Å². The van der Waals surface area contributed by atoms with Crippen LogP contribution in [0.15, 0.2) is 82.6 Å². The Hall–Kier alpha value is -2.91. The molecule has 0 bridgehead atoms. The van der Waals surface area contributed by atoms with Crippen LogP contribution in [0.25, 0.3) is 0 Å². The van der Waals surface area contributed by atoms with E-state index in [9.17, 15) is 22.0 Å². The van der Waals surface area contributed by atoms with Crippen LogP contribution in [0.1, 0.15) is 15.9 Å². The number of sulfonamides is 1. The molecule has 1 aliphatic rings. The SMILES string of the molecule is O=C(Nc1ccccc1SC(F)F)c1cccc(S(=O)(=O)N2CCc3ccccc32)c1. The smallest absolute Gasteiger partial charge is 0.288 e. The summed E-state index contributed by atoms with van der Waals surface area (Å²) in [6.07, 6.45) is 0.619. The minimum Gasteiger partial charge on any atom is -0.321 e. The van der Waals surface area contributed by atoms with Gasteiger partial charge in [0.25, 0.3) is 21.7 Å². The molecule has 0 saturated carbocycles. The quantitative estimate of drug-likeness (QED) is 0.526. The molecular weight excluding hydrogens is 442 g/mol. The van der Waals surface area contributed by atoms with E-state index < -0.39 is 21.7 Å². The molecule has 0 atom stereocenters. The van der Waals surface area contributed by atoms with E-state index in [-0.39, 0.29) is 21.0 Å². The average Bonchev–Trinajstić information content (AvgIpc) is 3.20. The van der Waals surface area contributed by atoms with Crippen molar-refractivity contribution in [2.24, 2.45) is 0 Å². The summed E-state index contributed by atoms with van der Waals surface area (Å²) in [4.78, 5) is 13.0. The molecule has 4 rings (SSSR count). The molecule has 3 aromatic carbocycles. The molecule has 0 fully saturated rings. The predicted molar refractivity (Wildman–Crippen MR) is 117 cm³/mol. The molecule has 0 saturated heterocycles. The van der Waals surface area contributed by atoms with E-state index in [1.165, 1.54) is 40.7 Å². The average molecular weight is 461 g/mol. The standard InChI is InChI=1S/C22H18F2N2O3S2/c23-22(24)30-20-11-4-2-9-18(20)25-21(27)16-7-5-8-17(14-16)31(28,29)26-13-12-15-6-1-3-10-19(15)26/h1-11,14,22H,12-13H2,(H,25,27). The molecule has 5 nitrogen and oxygen atoms in total. The summed E-state index contributed by atoms with van der Waals surface area (Å²) in [6.45, 7) is 0.330. The third-order valence-corrected chi connectivity index (χ3v) is 7.48. The molecule has 9 heteroatoms. The minimum atomic E-state index is -3.86. The number of fused-ring (bicyclic) bond motifs is 1. The van der Waals surface area contributed by atoms with Crippen LogP contribution in [0, 0.1) is 0 Å². The number of alkyl halides is 2. The first-order valence-corrected chi connectivity index (χ1v) is 11.7. The Morgan fingerprint density at radius 2 is 1.74 bits per heavy atom. The number of nitrogens with one attached hydrogen (secondary N) is 1. The highest BCUT2D eigenvalue weighted by Gasteiger charge is 2.31. The van der Waals surface area contributed by atoms with Gasteiger partial charge >= 0.3 is 0 Å². The minimum absolute atomic E-state index is 0.00732. The Labute approximate surface area is 183 Å². The van der Waals surface area contributed by atoms with Crippen molar-refractivity contribution < 1.29 is 22.0 Å². The van der Waals surface area contributed by atoms with Gasteiger partial charge in [0.2, 0.25) is 0 Å². The van der Waals surface area contributed by atoms with Gasteiger partial charge in [0.15, 0.2) is 0 Å². The van der Waals surface area contributed by atoms with Crippen LogP contribution in [0.2, 0.25) is 0 Å². The zero-order valence-corrected chi connectivity index (χ0v) is 17.8. The second-order valence-electron chi connectivity index (χ2n) is 6.81. The van der Waals surface area contributed by atoms with E-state index in [1.54, 1.807) is 24.3 Å². The van der Waals surface area contributed by atoms with Crippen molar-refractivity contribution in [3.05, 3.63) is 83.9 Å². The fourth-order valence-corrected chi connectivity index (χ4v) is 5.59. The number of hydrogen-bond donors (Lipinski definition) is 1. The molecule has 0 aliphatic carbocycles. The van der Waals surface area contributed by atoms with E-state index in [0.29, 0.717) is 30.4 Å². The van der Waals surface area contributed by atoms with Crippen molar-refractivity contribution >= 4 is 39.1 Å². The number of halogens is 2. The van der Waals surface area contributed by atoms with Crippen molar-refractivity contribution in [1.82, 2.24) is 0 Å². The van der Waals surface area contributed by atoms with Gasteiger partial charge in [-0.2, -0.15) is 8.78 Å². The fraction of sp³-hybridized carbons (Fsp3) is 0.136. The van der Waals surface area contributed by atoms with Gasteiger partial charge in [-0.05, 0) is 48.4 Å². The Bertz CT molecular complexity index is 1230. The summed E-state index contributed by atoms with van der Waals surface area (Å²) >= 11 is 0.329. The number of amides is 1. The lowest BCUT2D eigenvalue weighted by Gasteiger charge is -2.20. The molecule has 0 spiro atoms. The lowest BCUT2D eigenvalue weighted by molar-refractivity contribution is 0.102. The molecule has 0 radical (unpaired) electrons. The number of benzene rings is 3. The van der Waals surface area contributed by atoms with Crippen LogP contribution >= 0.6 is 11.8 Å². The van der Waals surface area contributed by atoms with Crippen LogP contribution in [-0.4, -0.2) is 26.6 Å². The number of thioether (sulfide) groups is 1. The summed E-state index contributed by atoms with van der Waals surface area (Å²) in [5.74, 6) is -3.21. The predicted octanol–water partition coefficient (Wildman–Crippen LogP) is 5.01. The number of rotatable bonds is 6. The van der Waals surface area contributed by atoms with Gasteiger partial charge in [-0.25, -0.2) is 8.42 Å². The third kappa shape index (κ3) is 4.42. The number of anilines is 2. The second kappa shape index (κ2) is 8.68. The maximum Gasteiger partial charge on any atom is 0.288 e. The van der Waals surface area contributed by atoms with Crippen LogP contribution in [0.3, 0.4) is 0 Å². The molecule has 0 unspecified atom stereocenters. The van der Waals surface area contributed by atoms with Gasteiger partial charge in [-0.15, -0.1) is 0 Å². The van der Waals surface area contributed by atoms with Crippen molar-refractivity contribution in [3.8, 4) is 0 Å². The summed E-state index contributed by atoms with van der Waals surface area (Å²) < 4.78 is 53.3. The summed E-state index contributed by atoms with van der Waals surface area (Å²) in [5, 5.41) is 2.59. The summed E-state index contributed by atoms with van der Waals surface area (Å²) in [7, 11) is -3.86. The molecular formula is C22H18F2N2O3S2. The van der Waals surface area contributed by atoms with Gasteiger partial charge < -0.3 is 5.32 Å². The van der Waals surface area contributed by atoms with Gasteiger partial charge in [-0.1, -0.05) is 48.2 Å². The molecule has 0 aromatic heterocycles. The van der Waals surface area contributed by atoms with E-state index >= 15 is 0 Å². The number of para-hydroxylation sites is 2. The molecule has 3 aromatic rings. The number of carbonyl (C=O) groups excluding carboxylic acids is 1. The van der Waals surface area contributed by atoms with E-state index in [4.69, 9.17) is 0 Å². The second-order valence-corrected chi connectivity index (χ2v) is 9.71. The fourth-order valence-electron chi connectivity index (χ4n) is 3.45. The third-order valence-electron chi connectivity index (χ3n) is 4.88. The lowest BCUT2D eigenvalue weighted by atomic mass is 10.2. The lowest BCUT2D eigenvalue weighted by Crippen LogP contribution is -2.29. The van der Waals surface area contributed by atoms with E-state index in [0.717, 1.165) is 5.56 Å². The van der Waals surface area contributed by atoms with Gasteiger partial charge in [-0.3, -0.25) is 9.10 Å². The number of nitrogens with zero attached hydrogens (tertiary/aromatic N) is 1. The Morgan fingerprint density at radius 3 is 2.55 bits per heavy atom. The Balaban J connectivity index is 1.60. The normalized spacial score (nSPS) is 13.3. The molecule has 1 amide bonds. The monoisotopic (exact) mass is 460 g/mol. The topological polar surface area (TPSA) is 66.5 Å². The van der Waals surface area contributed by atoms with Gasteiger partial charge in [0, 0.05) is 17.0 Å². The van der Waals surface area contributed by atoms with E-state index in [2.05, 4.69) is 5.32 Å². The molecule has 1 heterocycles. The maximum absolute atomic E-state index is 13.2. The molecule has 31 heavy (non-hydrogen) atoms. The van der Waals surface area contributed by atoms with Gasteiger partial charge in [0.1, 0.15) is 0 Å². The van der Waals surface area contributed by atoms with Crippen molar-refractivity contribution in [2.45, 2.75) is 22.0 Å². The van der Waals surface area contributed by atoms with Crippen LogP contribution in [0.4, 0.5) is 20.2 Å².